The van der Waals surface area contributed by atoms with Crippen LogP contribution in [0.25, 0.3) is 11.1 Å². The van der Waals surface area contributed by atoms with E-state index in [-0.39, 0.29) is 27.9 Å². The Morgan fingerprint density at radius 2 is 1.40 bits per heavy atom. The molecule has 3 saturated carbocycles. The van der Waals surface area contributed by atoms with Gasteiger partial charge in [-0.2, -0.15) is 0 Å². The summed E-state index contributed by atoms with van der Waals surface area (Å²) >= 11 is 0. The van der Waals surface area contributed by atoms with Gasteiger partial charge < -0.3 is 15.4 Å². The number of sulfonamides is 1. The van der Waals surface area contributed by atoms with Crippen molar-refractivity contribution in [2.24, 2.45) is 10.8 Å². The van der Waals surface area contributed by atoms with E-state index in [1.807, 2.05) is 25.5 Å². The van der Waals surface area contributed by atoms with Gasteiger partial charge in [-0.3, -0.25) is 14.9 Å². The third-order valence-corrected chi connectivity index (χ3v) is 10.6. The highest BCUT2D eigenvalue weighted by Gasteiger charge is 2.48. The van der Waals surface area contributed by atoms with Crippen LogP contribution in [0.15, 0.2) is 71.6 Å². The summed E-state index contributed by atoms with van der Waals surface area (Å²) in [5, 5.41) is 18.1. The molecule has 2 bridgehead atoms. The predicted molar refractivity (Wildman–Crippen MR) is 175 cm³/mol. The Morgan fingerprint density at radius 1 is 0.872 bits per heavy atom. The monoisotopic (exact) mass is 666 g/mol. The van der Waals surface area contributed by atoms with Gasteiger partial charge in [0.1, 0.15) is 17.1 Å². The van der Waals surface area contributed by atoms with E-state index < -0.39 is 43.1 Å². The van der Waals surface area contributed by atoms with Gasteiger partial charge in [0.15, 0.2) is 0 Å². The largest absolute Gasteiger partial charge is 0.444 e. The highest BCUT2D eigenvalue weighted by Crippen LogP contribution is 2.56. The van der Waals surface area contributed by atoms with Gasteiger partial charge in [-0.25, -0.2) is 22.3 Å². The van der Waals surface area contributed by atoms with E-state index in [0.29, 0.717) is 18.7 Å². The molecule has 3 aromatic carbocycles. The van der Waals surface area contributed by atoms with Gasteiger partial charge in [0, 0.05) is 24.7 Å². The molecule has 3 aromatic rings. The van der Waals surface area contributed by atoms with E-state index in [9.17, 15) is 32.5 Å². The summed E-state index contributed by atoms with van der Waals surface area (Å²) < 4.78 is 46.7. The molecule has 3 N–H and O–H groups in total. The number of fused-ring (bicyclic) bond motifs is 3. The molecule has 6 rings (SSSR count). The zero-order chi connectivity index (χ0) is 34.0. The third kappa shape index (κ3) is 8.07. The van der Waals surface area contributed by atoms with Crippen LogP contribution in [0.5, 0.6) is 0 Å². The fourth-order valence-electron chi connectivity index (χ4n) is 6.40. The summed E-state index contributed by atoms with van der Waals surface area (Å²) in [6.07, 6.45) is 5.01. The minimum Gasteiger partial charge on any atom is -0.444 e. The minimum atomic E-state index is -4.43. The maximum Gasteiger partial charge on any atom is 0.407 e. The zero-order valence-corrected chi connectivity index (χ0v) is 27.4. The van der Waals surface area contributed by atoms with Crippen molar-refractivity contribution in [1.29, 1.82) is 0 Å². The van der Waals surface area contributed by atoms with E-state index in [1.54, 1.807) is 24.3 Å². The molecule has 3 aliphatic carbocycles. The molecule has 3 aliphatic rings. The van der Waals surface area contributed by atoms with Gasteiger partial charge in [0.25, 0.3) is 21.6 Å². The number of alkyl carbamates (subject to hydrolysis) is 1. The second-order valence-electron chi connectivity index (χ2n) is 13.7. The Kier molecular flexibility index (Phi) is 9.31. The summed E-state index contributed by atoms with van der Waals surface area (Å²) in [5.74, 6) is -1.28. The first kappa shape index (κ1) is 33.8. The zero-order valence-electron chi connectivity index (χ0n) is 26.6. The molecule has 0 unspecified atom stereocenters. The second-order valence-corrected chi connectivity index (χ2v) is 15.3. The van der Waals surface area contributed by atoms with Crippen molar-refractivity contribution in [3.8, 4) is 11.1 Å². The van der Waals surface area contributed by atoms with Crippen LogP contribution < -0.4 is 15.4 Å². The summed E-state index contributed by atoms with van der Waals surface area (Å²) in [7, 11) is -4.43. The number of rotatable bonds is 10. The molecule has 47 heavy (non-hydrogen) atoms. The molecular weight excluding hydrogens is 627 g/mol. The van der Waals surface area contributed by atoms with Crippen molar-refractivity contribution in [1.82, 2.24) is 10.0 Å². The smallest absolute Gasteiger partial charge is 0.407 e. The van der Waals surface area contributed by atoms with Crippen molar-refractivity contribution < 1.29 is 32.1 Å². The first-order chi connectivity index (χ1) is 22.1. The van der Waals surface area contributed by atoms with Gasteiger partial charge >= 0.3 is 6.09 Å². The molecule has 2 amide bonds. The van der Waals surface area contributed by atoms with E-state index in [2.05, 4.69) is 10.6 Å². The van der Waals surface area contributed by atoms with Crippen molar-refractivity contribution in [2.75, 3.05) is 18.4 Å². The number of nitrogens with one attached hydrogen (secondary N) is 3. The van der Waals surface area contributed by atoms with Crippen LogP contribution in [-0.4, -0.2) is 44.0 Å². The van der Waals surface area contributed by atoms with Gasteiger partial charge in [-0.1, -0.05) is 24.3 Å². The fourth-order valence-corrected chi connectivity index (χ4v) is 7.40. The Hall–Kier alpha value is -4.52. The van der Waals surface area contributed by atoms with Gasteiger partial charge in [-0.05, 0) is 118 Å². The van der Waals surface area contributed by atoms with Crippen molar-refractivity contribution >= 4 is 33.4 Å². The molecule has 0 saturated heterocycles. The molecule has 250 valence electrons. The first-order valence-electron chi connectivity index (χ1n) is 15.5. The predicted octanol–water partition coefficient (Wildman–Crippen LogP) is 6.80. The number of ether oxygens (including phenoxy) is 1. The summed E-state index contributed by atoms with van der Waals surface area (Å²) in [6, 6.07) is 15.4. The van der Waals surface area contributed by atoms with Crippen LogP contribution in [0.4, 0.5) is 20.6 Å². The number of carbonyl (C=O) groups is 2. The number of nitro groups is 1. The highest BCUT2D eigenvalue weighted by atomic mass is 32.2. The van der Waals surface area contributed by atoms with Crippen LogP contribution in [0.2, 0.25) is 0 Å². The van der Waals surface area contributed by atoms with Crippen LogP contribution in [0.3, 0.4) is 0 Å². The summed E-state index contributed by atoms with van der Waals surface area (Å²) in [4.78, 5) is 35.9. The summed E-state index contributed by atoms with van der Waals surface area (Å²) in [5.41, 5.74) is 0.654. The number of benzene rings is 3. The number of halogens is 1. The fraction of sp³-hybridized carbons (Fsp3) is 0.412. The van der Waals surface area contributed by atoms with E-state index in [1.165, 1.54) is 36.4 Å². The lowest BCUT2D eigenvalue weighted by atomic mass is 9.53. The second kappa shape index (κ2) is 12.9. The Morgan fingerprint density at radius 3 is 1.94 bits per heavy atom. The normalized spacial score (nSPS) is 20.7. The lowest BCUT2D eigenvalue weighted by molar-refractivity contribution is -0.384. The number of nitrogens with zero attached hydrogens (tertiary/aromatic N) is 1. The topological polar surface area (TPSA) is 157 Å². The van der Waals surface area contributed by atoms with E-state index in [4.69, 9.17) is 4.74 Å². The van der Waals surface area contributed by atoms with Crippen LogP contribution in [0.1, 0.15) is 69.7 Å². The molecule has 3 fully saturated rings. The maximum absolute atomic E-state index is 13.2. The number of hydrogen-bond acceptors (Lipinski definition) is 8. The third-order valence-electron chi connectivity index (χ3n) is 9.25. The maximum atomic E-state index is 13.2. The molecule has 0 atom stereocenters. The lowest BCUT2D eigenvalue weighted by Gasteiger charge is -2.53. The average molecular weight is 667 g/mol. The van der Waals surface area contributed by atoms with Crippen LogP contribution in [0, 0.1) is 26.8 Å². The van der Waals surface area contributed by atoms with E-state index >= 15 is 0 Å². The van der Waals surface area contributed by atoms with Crippen molar-refractivity contribution in [3.05, 3.63) is 88.2 Å². The van der Waals surface area contributed by atoms with Gasteiger partial charge in [-0.15, -0.1) is 0 Å². The SMILES string of the molecule is CC(C)(C)OC(=O)NCC12CCC(CNc3ccc(S(=O)(=O)NC(=O)c4ccc(-c5ccc(F)cc5)cc4)cc3[N+](=O)[O-])(CC1)CC2. The molecule has 13 heteroatoms. The number of carbonyl (C=O) groups excluding carboxylic acids is 2. The quantitative estimate of drug-likeness (QED) is 0.158. The standard InChI is InChI=1S/C34H39FN4O7S/c1-32(2,3)46-31(41)37-22-34-17-14-33(15-18-34,16-19-34)21-36-28-13-12-27(20-29(28)39(42)43)47(44,45)38-30(40)25-6-4-23(5-7-25)24-8-10-26(35)11-9-24/h4-13,20,36H,14-19,21-22H2,1-3H3,(H,37,41)(H,38,40). The molecule has 0 radical (unpaired) electrons. The highest BCUT2D eigenvalue weighted by molar-refractivity contribution is 7.90. The Balaban J connectivity index is 1.20. The van der Waals surface area contributed by atoms with E-state index in [0.717, 1.165) is 50.2 Å². The molecule has 0 aromatic heterocycles. The molecule has 0 spiro atoms. The van der Waals surface area contributed by atoms with Crippen molar-refractivity contribution in [2.45, 2.75) is 69.8 Å². The lowest BCUT2D eigenvalue weighted by Crippen LogP contribution is -2.50. The molecule has 0 aliphatic heterocycles. The minimum absolute atomic E-state index is 0.00965. The number of nitro benzene ring substituents is 1. The number of hydrogen-bond donors (Lipinski definition) is 3. The average Bonchev–Trinajstić information content (AvgIpc) is 3.03. The van der Waals surface area contributed by atoms with Crippen molar-refractivity contribution in [3.63, 3.8) is 0 Å². The van der Waals surface area contributed by atoms with Gasteiger partial charge in [0.05, 0.1) is 9.82 Å². The molecular formula is C34H39FN4O7S. The molecule has 11 nitrogen and oxygen atoms in total. The Bertz CT molecular complexity index is 1750. The number of amides is 2. The summed E-state index contributed by atoms with van der Waals surface area (Å²) in [6.45, 7) is 6.50. The van der Waals surface area contributed by atoms with Crippen LogP contribution >= 0.6 is 0 Å². The van der Waals surface area contributed by atoms with Crippen LogP contribution in [-0.2, 0) is 14.8 Å². The Labute approximate surface area is 273 Å². The van der Waals surface area contributed by atoms with Gasteiger partial charge in [0.2, 0.25) is 0 Å². The molecule has 0 heterocycles. The number of anilines is 1. The first-order valence-corrected chi connectivity index (χ1v) is 17.0.